The van der Waals surface area contributed by atoms with Gasteiger partial charge in [0.05, 0.1) is 0 Å². The molecule has 0 radical (unpaired) electrons. The van der Waals surface area contributed by atoms with Gasteiger partial charge in [0, 0.05) is 11.8 Å². The summed E-state index contributed by atoms with van der Waals surface area (Å²) < 4.78 is 1.11. The zero-order chi connectivity index (χ0) is 6.27. The number of hydroxylamine groups is 1. The lowest BCUT2D eigenvalue weighted by atomic mass is 10.0. The van der Waals surface area contributed by atoms with Gasteiger partial charge in [-0.15, -0.1) is 0 Å². The Labute approximate surface area is 54.8 Å². The molecule has 0 N–H and O–H groups in total. The van der Waals surface area contributed by atoms with Gasteiger partial charge >= 0.3 is 0 Å². The maximum absolute atomic E-state index is 10.7. The van der Waals surface area contributed by atoms with Crippen molar-refractivity contribution in [3.8, 4) is 0 Å². The molecule has 2 heteroatoms. The van der Waals surface area contributed by atoms with Gasteiger partial charge in [0.25, 0.3) is 0 Å². The average Bonchev–Trinajstić information content (AvgIpc) is 2.22. The fourth-order valence-electron chi connectivity index (χ4n) is 1.99. The van der Waals surface area contributed by atoms with Gasteiger partial charge in [-0.1, -0.05) is 6.42 Å². The summed E-state index contributed by atoms with van der Waals surface area (Å²) in [7, 11) is 0. The van der Waals surface area contributed by atoms with Crippen LogP contribution in [0.3, 0.4) is 0 Å². The maximum atomic E-state index is 10.7. The van der Waals surface area contributed by atoms with Crippen molar-refractivity contribution < 1.29 is 4.74 Å². The molecule has 1 heterocycles. The van der Waals surface area contributed by atoms with Gasteiger partial charge in [0.1, 0.15) is 0 Å². The quantitative estimate of drug-likeness (QED) is 0.350. The topological polar surface area (TPSA) is 26.1 Å². The Morgan fingerprint density at radius 3 is 3.11 bits per heavy atom. The molecule has 0 aromatic carbocycles. The van der Waals surface area contributed by atoms with Crippen LogP contribution < -0.4 is 0 Å². The summed E-state index contributed by atoms with van der Waals surface area (Å²) in [4.78, 5) is 0. The standard InChI is InChI=1S/C7H11NO/c9-8-4-6-2-1-3-7(6)5-8/h4,6-7H,1-3,5H2/t6-,7+/m0/s1. The Morgan fingerprint density at radius 1 is 1.44 bits per heavy atom. The molecule has 1 fully saturated rings. The predicted octanol–water partition coefficient (Wildman–Crippen LogP) is 0.997. The van der Waals surface area contributed by atoms with Gasteiger partial charge in [-0.3, -0.25) is 0 Å². The zero-order valence-electron chi connectivity index (χ0n) is 5.42. The van der Waals surface area contributed by atoms with Crippen LogP contribution in [0.25, 0.3) is 0 Å². The van der Waals surface area contributed by atoms with E-state index in [1.807, 2.05) is 6.21 Å². The normalized spacial score (nSPS) is 40.7. The smallest absolute Gasteiger partial charge is 0.156 e. The second-order valence-electron chi connectivity index (χ2n) is 3.10. The molecule has 0 bridgehead atoms. The first-order chi connectivity index (χ1) is 4.36. The summed E-state index contributed by atoms with van der Waals surface area (Å²) in [6.07, 6.45) is 5.72. The van der Waals surface area contributed by atoms with Crippen LogP contribution in [0.5, 0.6) is 0 Å². The Kier molecular flexibility index (Phi) is 1.01. The molecule has 1 saturated carbocycles. The fraction of sp³-hybridized carbons (Fsp3) is 0.857. The first-order valence-corrected chi connectivity index (χ1v) is 3.65. The van der Waals surface area contributed by atoms with Crippen molar-refractivity contribution in [1.82, 2.24) is 0 Å². The Balaban J connectivity index is 2.13. The van der Waals surface area contributed by atoms with Crippen LogP contribution in [0, 0.1) is 17.0 Å². The summed E-state index contributed by atoms with van der Waals surface area (Å²) >= 11 is 0. The molecule has 2 atom stereocenters. The SMILES string of the molecule is [O-][N+]1=C[C@@H]2CCC[C@@H]2C1. The van der Waals surface area contributed by atoms with Crippen LogP contribution in [0.1, 0.15) is 19.3 Å². The van der Waals surface area contributed by atoms with Gasteiger partial charge < -0.3 is 5.21 Å². The number of nitrogens with zero attached hydrogens (tertiary/aromatic N) is 1. The first-order valence-electron chi connectivity index (χ1n) is 3.65. The predicted molar refractivity (Wildman–Crippen MR) is 35.4 cm³/mol. The Bertz CT molecular complexity index is 153. The summed E-state index contributed by atoms with van der Waals surface area (Å²) in [6.45, 7) is 0.769. The minimum absolute atomic E-state index is 0.641. The van der Waals surface area contributed by atoms with Crippen LogP contribution in [0.2, 0.25) is 0 Å². The van der Waals surface area contributed by atoms with Crippen molar-refractivity contribution in [2.45, 2.75) is 19.3 Å². The van der Waals surface area contributed by atoms with Crippen LogP contribution in [0.15, 0.2) is 0 Å². The molecule has 0 saturated heterocycles. The molecular formula is C7H11NO. The third-order valence-corrected chi connectivity index (χ3v) is 2.49. The van der Waals surface area contributed by atoms with E-state index in [2.05, 4.69) is 0 Å². The van der Waals surface area contributed by atoms with Gasteiger partial charge in [-0.2, -0.15) is 0 Å². The molecule has 0 spiro atoms. The molecule has 0 unspecified atom stereocenters. The molecule has 1 aliphatic heterocycles. The maximum Gasteiger partial charge on any atom is 0.156 e. The van der Waals surface area contributed by atoms with E-state index >= 15 is 0 Å². The number of fused-ring (bicyclic) bond motifs is 1. The molecular weight excluding hydrogens is 114 g/mol. The summed E-state index contributed by atoms with van der Waals surface area (Å²) in [6, 6.07) is 0. The van der Waals surface area contributed by atoms with Crippen LogP contribution in [0.4, 0.5) is 0 Å². The molecule has 1 aliphatic carbocycles. The second-order valence-corrected chi connectivity index (χ2v) is 3.10. The van der Waals surface area contributed by atoms with Crippen molar-refractivity contribution in [1.29, 1.82) is 0 Å². The zero-order valence-corrected chi connectivity index (χ0v) is 5.42. The molecule has 9 heavy (non-hydrogen) atoms. The molecule has 0 amide bonds. The molecule has 0 aromatic rings. The van der Waals surface area contributed by atoms with E-state index in [1.165, 1.54) is 19.3 Å². The number of rotatable bonds is 0. The third kappa shape index (κ3) is 0.732. The molecule has 50 valence electrons. The minimum atomic E-state index is 0.641. The summed E-state index contributed by atoms with van der Waals surface area (Å²) in [5.74, 6) is 1.35. The minimum Gasteiger partial charge on any atom is -0.624 e. The van der Waals surface area contributed by atoms with E-state index in [-0.39, 0.29) is 0 Å². The number of hydrogen-bond donors (Lipinski definition) is 0. The first kappa shape index (κ1) is 5.27. The lowest BCUT2D eigenvalue weighted by Gasteiger charge is -2.00. The average molecular weight is 125 g/mol. The van der Waals surface area contributed by atoms with Crippen molar-refractivity contribution in [2.24, 2.45) is 11.8 Å². The highest BCUT2D eigenvalue weighted by molar-refractivity contribution is 5.57. The van der Waals surface area contributed by atoms with E-state index < -0.39 is 0 Å². The Morgan fingerprint density at radius 2 is 2.33 bits per heavy atom. The van der Waals surface area contributed by atoms with E-state index in [4.69, 9.17) is 0 Å². The Hall–Kier alpha value is -0.530. The van der Waals surface area contributed by atoms with Crippen LogP contribution in [-0.2, 0) is 0 Å². The van der Waals surface area contributed by atoms with Gasteiger partial charge in [-0.05, 0) is 12.8 Å². The molecule has 2 aliphatic rings. The highest BCUT2D eigenvalue weighted by atomic mass is 16.5. The van der Waals surface area contributed by atoms with Gasteiger partial charge in [-0.25, -0.2) is 4.74 Å². The van der Waals surface area contributed by atoms with Crippen molar-refractivity contribution in [2.75, 3.05) is 6.54 Å². The van der Waals surface area contributed by atoms with Crippen molar-refractivity contribution >= 4 is 6.21 Å². The molecule has 0 aromatic heterocycles. The second kappa shape index (κ2) is 1.72. The van der Waals surface area contributed by atoms with E-state index in [9.17, 15) is 5.21 Å². The number of hydrogen-bond acceptors (Lipinski definition) is 1. The summed E-state index contributed by atoms with van der Waals surface area (Å²) in [5, 5.41) is 10.7. The lowest BCUT2D eigenvalue weighted by Crippen LogP contribution is -2.06. The van der Waals surface area contributed by atoms with E-state index in [1.54, 1.807) is 0 Å². The van der Waals surface area contributed by atoms with Crippen LogP contribution >= 0.6 is 0 Å². The van der Waals surface area contributed by atoms with E-state index in [0.29, 0.717) is 11.8 Å². The molecule has 2 nitrogen and oxygen atoms in total. The third-order valence-electron chi connectivity index (χ3n) is 2.49. The highest BCUT2D eigenvalue weighted by Crippen LogP contribution is 2.33. The lowest BCUT2D eigenvalue weighted by molar-refractivity contribution is -0.450. The monoisotopic (exact) mass is 125 g/mol. The van der Waals surface area contributed by atoms with Gasteiger partial charge in [0.15, 0.2) is 12.8 Å². The summed E-state index contributed by atoms with van der Waals surface area (Å²) in [5.41, 5.74) is 0. The largest absolute Gasteiger partial charge is 0.624 e. The van der Waals surface area contributed by atoms with Crippen molar-refractivity contribution in [3.05, 3.63) is 5.21 Å². The fourth-order valence-corrected chi connectivity index (χ4v) is 1.99. The van der Waals surface area contributed by atoms with Crippen molar-refractivity contribution in [3.63, 3.8) is 0 Å². The van der Waals surface area contributed by atoms with Crippen LogP contribution in [-0.4, -0.2) is 17.5 Å². The highest BCUT2D eigenvalue weighted by Gasteiger charge is 2.35. The van der Waals surface area contributed by atoms with E-state index in [0.717, 1.165) is 11.3 Å². The molecule has 2 rings (SSSR count). The van der Waals surface area contributed by atoms with Gasteiger partial charge in [0.2, 0.25) is 0 Å².